The second-order valence-corrected chi connectivity index (χ2v) is 14.8. The molecule has 0 bridgehead atoms. The maximum atomic E-state index is 8.95. The molecule has 7 heteroatoms. The van der Waals surface area contributed by atoms with Gasteiger partial charge in [0.15, 0.2) is 0 Å². The van der Waals surface area contributed by atoms with Crippen LogP contribution in [0.4, 0.5) is 0 Å². The van der Waals surface area contributed by atoms with Crippen LogP contribution in [0.15, 0.2) is 0 Å². The van der Waals surface area contributed by atoms with E-state index in [0.29, 0.717) is 13.2 Å². The molecule has 2 atom stereocenters. The van der Waals surface area contributed by atoms with E-state index in [2.05, 4.69) is 40.0 Å². The van der Waals surface area contributed by atoms with Crippen LogP contribution in [0.25, 0.3) is 0 Å². The molecule has 2 N–H and O–H groups in total. The van der Waals surface area contributed by atoms with Gasteiger partial charge in [-0.15, -0.1) is 0 Å². The first kappa shape index (κ1) is 21.2. The summed E-state index contributed by atoms with van der Waals surface area (Å²) < 4.78 is 18.1. The number of hydrogen-bond acceptors (Lipinski definition) is 5. The zero-order valence-corrected chi connectivity index (χ0v) is 16.5. The molecule has 0 saturated carbocycles. The molecule has 0 heterocycles. The summed E-state index contributed by atoms with van der Waals surface area (Å²) in [5.41, 5.74) is 0.151. The Morgan fingerprint density at radius 1 is 0.762 bits per heavy atom. The number of aliphatic hydroxyl groups excluding tert-OH is 2. The molecule has 2 unspecified atom stereocenters. The molecule has 0 aliphatic heterocycles. The van der Waals surface area contributed by atoms with E-state index in [1.165, 1.54) is 0 Å². The van der Waals surface area contributed by atoms with Crippen molar-refractivity contribution in [3.05, 3.63) is 0 Å². The van der Waals surface area contributed by atoms with Crippen molar-refractivity contribution in [2.45, 2.75) is 64.3 Å². The first-order valence-electron chi connectivity index (χ1n) is 7.90. The first-order chi connectivity index (χ1) is 9.75. The summed E-state index contributed by atoms with van der Waals surface area (Å²) >= 11 is 0. The highest BCUT2D eigenvalue weighted by Crippen LogP contribution is 2.26. The van der Waals surface area contributed by atoms with Crippen molar-refractivity contribution in [1.29, 1.82) is 0 Å². The standard InChI is InChI=1S/C14H34O5Si2/c1-7-13(17-11-9-15)20(3,4)19-21(5,6)14(8-2)18-12-10-16/h13-16H,7-12H2,1-6H3. The Balaban J connectivity index is 4.83. The topological polar surface area (TPSA) is 68.2 Å². The molecule has 0 amide bonds. The summed E-state index contributed by atoms with van der Waals surface area (Å²) in [6.45, 7) is 13.7. The Morgan fingerprint density at radius 3 is 1.33 bits per heavy atom. The van der Waals surface area contributed by atoms with E-state index < -0.39 is 16.6 Å². The monoisotopic (exact) mass is 338 g/mol. The third-order valence-electron chi connectivity index (χ3n) is 3.64. The molecule has 21 heavy (non-hydrogen) atoms. The minimum atomic E-state index is -2.04. The predicted molar refractivity (Wildman–Crippen MR) is 90.3 cm³/mol. The van der Waals surface area contributed by atoms with E-state index in [9.17, 15) is 0 Å². The SMILES string of the molecule is CCC(OCCO)[Si](C)(C)O[Si](C)(C)C(CC)OCCO. The first-order valence-corrected chi connectivity index (χ1v) is 13.9. The Bertz CT molecular complexity index is 248. The van der Waals surface area contributed by atoms with Gasteiger partial charge in [-0.2, -0.15) is 0 Å². The van der Waals surface area contributed by atoms with Gasteiger partial charge in [-0.25, -0.2) is 0 Å². The Morgan fingerprint density at radius 2 is 1.10 bits per heavy atom. The highest BCUT2D eigenvalue weighted by Gasteiger charge is 2.43. The van der Waals surface area contributed by atoms with E-state index in [1.54, 1.807) is 0 Å². The van der Waals surface area contributed by atoms with Gasteiger partial charge in [-0.05, 0) is 39.0 Å². The number of ether oxygens (including phenoxy) is 2. The van der Waals surface area contributed by atoms with Crippen molar-refractivity contribution in [2.24, 2.45) is 0 Å². The summed E-state index contributed by atoms with van der Waals surface area (Å²) in [7, 11) is -4.08. The van der Waals surface area contributed by atoms with Gasteiger partial charge in [0.2, 0.25) is 16.6 Å². The zero-order valence-electron chi connectivity index (χ0n) is 14.5. The van der Waals surface area contributed by atoms with E-state index >= 15 is 0 Å². The largest absolute Gasteiger partial charge is 0.452 e. The fourth-order valence-electron chi connectivity index (χ4n) is 2.82. The lowest BCUT2D eigenvalue weighted by molar-refractivity contribution is 0.0487. The second kappa shape index (κ2) is 10.1. The lowest BCUT2D eigenvalue weighted by Crippen LogP contribution is -2.58. The van der Waals surface area contributed by atoms with Crippen LogP contribution >= 0.6 is 0 Å². The molecule has 0 aliphatic rings. The van der Waals surface area contributed by atoms with Crippen LogP contribution < -0.4 is 0 Å². The quantitative estimate of drug-likeness (QED) is 0.533. The summed E-state index contributed by atoms with van der Waals surface area (Å²) in [4.78, 5) is 0. The van der Waals surface area contributed by atoms with Crippen LogP contribution in [0.5, 0.6) is 0 Å². The van der Waals surface area contributed by atoms with Gasteiger partial charge < -0.3 is 23.8 Å². The van der Waals surface area contributed by atoms with Crippen LogP contribution in [-0.4, -0.2) is 64.7 Å². The minimum Gasteiger partial charge on any atom is -0.452 e. The van der Waals surface area contributed by atoms with Crippen LogP contribution in [0.2, 0.25) is 26.2 Å². The average molecular weight is 339 g/mol. The fourth-order valence-corrected chi connectivity index (χ4v) is 12.3. The van der Waals surface area contributed by atoms with Gasteiger partial charge in [0.1, 0.15) is 0 Å². The maximum absolute atomic E-state index is 8.95. The Kier molecular flexibility index (Phi) is 10.2. The van der Waals surface area contributed by atoms with Gasteiger partial charge in [0, 0.05) is 0 Å². The van der Waals surface area contributed by atoms with Crippen molar-refractivity contribution in [3.8, 4) is 0 Å². The molecular weight excluding hydrogens is 304 g/mol. The zero-order chi connectivity index (χ0) is 16.5. The van der Waals surface area contributed by atoms with Crippen molar-refractivity contribution in [3.63, 3.8) is 0 Å². The second-order valence-electron chi connectivity index (χ2n) is 6.29. The molecule has 0 aromatic carbocycles. The van der Waals surface area contributed by atoms with Gasteiger partial charge >= 0.3 is 0 Å². The fraction of sp³-hybridized carbons (Fsp3) is 1.00. The summed E-state index contributed by atoms with van der Waals surface area (Å²) in [6.07, 6.45) is 1.77. The molecule has 128 valence electrons. The predicted octanol–water partition coefficient (Wildman–Crippen LogP) is 2.07. The molecule has 0 rings (SSSR count). The van der Waals surface area contributed by atoms with Gasteiger partial charge in [0.25, 0.3) is 0 Å². The smallest absolute Gasteiger partial charge is 0.202 e. The normalized spacial score (nSPS) is 16.0. The van der Waals surface area contributed by atoms with E-state index in [4.69, 9.17) is 23.8 Å². The molecule has 0 aromatic heterocycles. The molecule has 0 saturated heterocycles. The van der Waals surface area contributed by atoms with Crippen molar-refractivity contribution in [1.82, 2.24) is 0 Å². The van der Waals surface area contributed by atoms with Crippen molar-refractivity contribution < 1.29 is 23.8 Å². The van der Waals surface area contributed by atoms with Crippen LogP contribution in [0, 0.1) is 0 Å². The molecule has 0 aromatic rings. The molecule has 0 spiro atoms. The highest BCUT2D eigenvalue weighted by atomic mass is 28.4. The van der Waals surface area contributed by atoms with Crippen LogP contribution in [0.3, 0.4) is 0 Å². The van der Waals surface area contributed by atoms with E-state index in [0.717, 1.165) is 12.8 Å². The van der Waals surface area contributed by atoms with Crippen LogP contribution in [0.1, 0.15) is 26.7 Å². The molecule has 0 fully saturated rings. The van der Waals surface area contributed by atoms with Crippen LogP contribution in [-0.2, 0) is 13.6 Å². The van der Waals surface area contributed by atoms with Crippen molar-refractivity contribution in [2.75, 3.05) is 26.4 Å². The molecule has 0 radical (unpaired) electrons. The molecule has 0 aliphatic carbocycles. The van der Waals surface area contributed by atoms with Gasteiger partial charge in [0.05, 0.1) is 37.9 Å². The van der Waals surface area contributed by atoms with Crippen molar-refractivity contribution >= 4 is 16.6 Å². The van der Waals surface area contributed by atoms with E-state index in [-0.39, 0.29) is 24.7 Å². The molecule has 5 nitrogen and oxygen atoms in total. The average Bonchev–Trinajstić information content (AvgIpc) is 2.38. The molecular formula is C14H34O5Si2. The lowest BCUT2D eigenvalue weighted by atomic mass is 10.5. The number of rotatable bonds is 12. The highest BCUT2D eigenvalue weighted by molar-refractivity contribution is 6.86. The summed E-state index contributed by atoms with van der Waals surface area (Å²) in [5, 5.41) is 17.9. The third-order valence-corrected chi connectivity index (χ3v) is 12.1. The Labute approximate surface area is 131 Å². The number of aliphatic hydroxyl groups is 2. The van der Waals surface area contributed by atoms with Gasteiger partial charge in [-0.1, -0.05) is 13.8 Å². The minimum absolute atomic E-state index is 0.0407. The lowest BCUT2D eigenvalue weighted by Gasteiger charge is -2.41. The maximum Gasteiger partial charge on any atom is 0.202 e. The number of hydrogen-bond donors (Lipinski definition) is 2. The van der Waals surface area contributed by atoms with E-state index in [1.807, 2.05) is 0 Å². The summed E-state index contributed by atoms with van der Waals surface area (Å²) in [6, 6.07) is 0. The van der Waals surface area contributed by atoms with Gasteiger partial charge in [-0.3, -0.25) is 0 Å². The third kappa shape index (κ3) is 7.36. The summed E-state index contributed by atoms with van der Waals surface area (Å²) in [5.74, 6) is 0. The Hall–Kier alpha value is 0.234.